The van der Waals surface area contributed by atoms with Crippen molar-refractivity contribution < 1.29 is 14.5 Å². The van der Waals surface area contributed by atoms with Gasteiger partial charge >= 0.3 is 0 Å². The van der Waals surface area contributed by atoms with Crippen LogP contribution in [-0.4, -0.2) is 32.7 Å². The Morgan fingerprint density at radius 3 is 2.40 bits per heavy atom. The summed E-state index contributed by atoms with van der Waals surface area (Å²) in [5, 5.41) is 16.2. The van der Waals surface area contributed by atoms with Gasteiger partial charge in [0, 0.05) is 30.2 Å². The average molecular weight is 428 g/mol. The van der Waals surface area contributed by atoms with Crippen molar-refractivity contribution in [2.75, 3.05) is 5.32 Å². The summed E-state index contributed by atoms with van der Waals surface area (Å²) in [5.74, 6) is -1.25. The predicted molar refractivity (Wildman–Crippen MR) is 112 cm³/mol. The third-order valence-corrected chi connectivity index (χ3v) is 4.69. The molecule has 30 heavy (non-hydrogen) atoms. The zero-order chi connectivity index (χ0) is 21.8. The number of nitro groups is 1. The molecule has 1 atom stereocenters. The summed E-state index contributed by atoms with van der Waals surface area (Å²) in [6, 6.07) is 7.79. The van der Waals surface area contributed by atoms with E-state index >= 15 is 0 Å². The molecule has 2 amide bonds. The van der Waals surface area contributed by atoms with Crippen LogP contribution in [0.4, 0.5) is 11.4 Å². The van der Waals surface area contributed by atoms with Crippen LogP contribution in [0.5, 0.6) is 0 Å². The SMILES string of the molecule is CC(C)C(NC(=O)c1ccc([N+](=O)[O-])cc1Cl)C(=O)Nc1ccc2nccnc2c1. The maximum atomic E-state index is 12.8. The van der Waals surface area contributed by atoms with Crippen LogP contribution in [-0.2, 0) is 4.79 Å². The highest BCUT2D eigenvalue weighted by atomic mass is 35.5. The molecule has 0 saturated heterocycles. The number of hydrogen-bond donors (Lipinski definition) is 2. The summed E-state index contributed by atoms with van der Waals surface area (Å²) in [6.07, 6.45) is 3.13. The number of anilines is 1. The van der Waals surface area contributed by atoms with Crippen molar-refractivity contribution in [3.63, 3.8) is 0 Å². The normalized spacial score (nSPS) is 11.9. The van der Waals surface area contributed by atoms with Gasteiger partial charge in [-0.3, -0.25) is 29.7 Å². The number of rotatable bonds is 6. The van der Waals surface area contributed by atoms with Crippen LogP contribution in [0.2, 0.25) is 5.02 Å². The molecule has 0 aliphatic carbocycles. The number of amides is 2. The van der Waals surface area contributed by atoms with Gasteiger partial charge in [-0.25, -0.2) is 0 Å². The van der Waals surface area contributed by atoms with Crippen LogP contribution >= 0.6 is 11.6 Å². The van der Waals surface area contributed by atoms with E-state index < -0.39 is 22.8 Å². The summed E-state index contributed by atoms with van der Waals surface area (Å²) >= 11 is 6.02. The monoisotopic (exact) mass is 427 g/mol. The summed E-state index contributed by atoms with van der Waals surface area (Å²) < 4.78 is 0. The molecule has 10 heteroatoms. The molecule has 0 fully saturated rings. The fourth-order valence-corrected chi connectivity index (χ4v) is 3.08. The molecule has 1 heterocycles. The van der Waals surface area contributed by atoms with E-state index in [0.29, 0.717) is 16.7 Å². The van der Waals surface area contributed by atoms with Gasteiger partial charge < -0.3 is 10.6 Å². The lowest BCUT2D eigenvalue weighted by Crippen LogP contribution is -2.47. The molecule has 0 aliphatic heterocycles. The fraction of sp³-hybridized carbons (Fsp3) is 0.200. The summed E-state index contributed by atoms with van der Waals surface area (Å²) in [4.78, 5) is 44.0. The van der Waals surface area contributed by atoms with E-state index in [2.05, 4.69) is 20.6 Å². The molecule has 0 aliphatic rings. The minimum atomic E-state index is -0.860. The molecular formula is C20H18ClN5O4. The van der Waals surface area contributed by atoms with Gasteiger partial charge in [0.1, 0.15) is 6.04 Å². The van der Waals surface area contributed by atoms with Crippen LogP contribution in [0.15, 0.2) is 48.8 Å². The number of hydrogen-bond acceptors (Lipinski definition) is 6. The Morgan fingerprint density at radius 2 is 1.77 bits per heavy atom. The molecular weight excluding hydrogens is 410 g/mol. The van der Waals surface area contributed by atoms with Crippen molar-refractivity contribution in [1.29, 1.82) is 0 Å². The molecule has 2 N–H and O–H groups in total. The highest BCUT2D eigenvalue weighted by Gasteiger charge is 2.26. The standard InChI is InChI=1S/C20H18ClN5O4/c1-11(2)18(25-19(27)14-5-4-13(26(29)30)10-15(14)21)20(28)24-12-3-6-16-17(9-12)23-8-7-22-16/h3-11,18H,1-2H3,(H,24,28)(H,25,27). The zero-order valence-electron chi connectivity index (χ0n) is 16.1. The molecule has 0 saturated carbocycles. The van der Waals surface area contributed by atoms with Gasteiger partial charge in [-0.2, -0.15) is 0 Å². The molecule has 1 aromatic heterocycles. The number of non-ortho nitro benzene ring substituents is 1. The highest BCUT2D eigenvalue weighted by molar-refractivity contribution is 6.34. The Morgan fingerprint density at radius 1 is 1.07 bits per heavy atom. The van der Waals surface area contributed by atoms with Crippen molar-refractivity contribution in [3.05, 3.63) is 69.5 Å². The minimum Gasteiger partial charge on any atom is -0.340 e. The number of aromatic nitrogens is 2. The third-order valence-electron chi connectivity index (χ3n) is 4.38. The van der Waals surface area contributed by atoms with Crippen LogP contribution in [0.1, 0.15) is 24.2 Å². The lowest BCUT2D eigenvalue weighted by Gasteiger charge is -2.22. The fourth-order valence-electron chi connectivity index (χ4n) is 2.82. The van der Waals surface area contributed by atoms with Crippen molar-refractivity contribution in [1.82, 2.24) is 15.3 Å². The summed E-state index contributed by atoms with van der Waals surface area (Å²) in [6.45, 7) is 3.57. The van der Waals surface area contributed by atoms with Crippen molar-refractivity contribution in [2.24, 2.45) is 5.92 Å². The molecule has 3 aromatic rings. The highest BCUT2D eigenvalue weighted by Crippen LogP contribution is 2.23. The Labute approximate surface area is 176 Å². The molecule has 0 radical (unpaired) electrons. The van der Waals surface area contributed by atoms with Crippen LogP contribution in [0, 0.1) is 16.0 Å². The second-order valence-corrected chi connectivity index (χ2v) is 7.27. The number of halogens is 1. The second-order valence-electron chi connectivity index (χ2n) is 6.87. The smallest absolute Gasteiger partial charge is 0.270 e. The third kappa shape index (κ3) is 4.69. The van der Waals surface area contributed by atoms with Crippen LogP contribution in [0.25, 0.3) is 11.0 Å². The number of fused-ring (bicyclic) bond motifs is 1. The Bertz CT molecular complexity index is 1140. The van der Waals surface area contributed by atoms with E-state index in [-0.39, 0.29) is 22.2 Å². The van der Waals surface area contributed by atoms with E-state index in [1.54, 1.807) is 44.4 Å². The van der Waals surface area contributed by atoms with Crippen LogP contribution in [0.3, 0.4) is 0 Å². The number of nitro benzene ring substituents is 1. The van der Waals surface area contributed by atoms with Crippen molar-refractivity contribution >= 4 is 45.8 Å². The quantitative estimate of drug-likeness (QED) is 0.457. The number of carbonyl (C=O) groups excluding carboxylic acids is 2. The first-order valence-corrected chi connectivity index (χ1v) is 9.40. The number of benzene rings is 2. The Kier molecular flexibility index (Phi) is 6.22. The maximum absolute atomic E-state index is 12.8. The topological polar surface area (TPSA) is 127 Å². The summed E-state index contributed by atoms with van der Waals surface area (Å²) in [7, 11) is 0. The number of nitrogens with one attached hydrogen (secondary N) is 2. The van der Waals surface area contributed by atoms with Gasteiger partial charge in [-0.15, -0.1) is 0 Å². The maximum Gasteiger partial charge on any atom is 0.270 e. The first kappa shape index (κ1) is 21.1. The Hall–Kier alpha value is -3.59. The van der Waals surface area contributed by atoms with Crippen LogP contribution < -0.4 is 10.6 Å². The number of nitrogens with zero attached hydrogens (tertiary/aromatic N) is 3. The first-order valence-electron chi connectivity index (χ1n) is 9.02. The molecule has 9 nitrogen and oxygen atoms in total. The molecule has 3 rings (SSSR count). The van der Waals surface area contributed by atoms with Crippen molar-refractivity contribution in [3.8, 4) is 0 Å². The van der Waals surface area contributed by atoms with E-state index in [1.807, 2.05) is 0 Å². The number of carbonyl (C=O) groups is 2. The largest absolute Gasteiger partial charge is 0.340 e. The van der Waals surface area contributed by atoms with Gasteiger partial charge in [0.05, 0.1) is 26.5 Å². The minimum absolute atomic E-state index is 0.0432. The first-order chi connectivity index (χ1) is 14.3. The lowest BCUT2D eigenvalue weighted by atomic mass is 10.0. The molecule has 0 bridgehead atoms. The zero-order valence-corrected chi connectivity index (χ0v) is 16.9. The van der Waals surface area contributed by atoms with Gasteiger partial charge in [-0.1, -0.05) is 25.4 Å². The average Bonchev–Trinajstić information content (AvgIpc) is 2.71. The van der Waals surface area contributed by atoms with E-state index in [9.17, 15) is 19.7 Å². The van der Waals surface area contributed by atoms with Gasteiger partial charge in [0.2, 0.25) is 5.91 Å². The molecule has 0 spiro atoms. The molecule has 1 unspecified atom stereocenters. The summed E-state index contributed by atoms with van der Waals surface area (Å²) in [5.41, 5.74) is 1.65. The van der Waals surface area contributed by atoms with E-state index in [0.717, 1.165) is 6.07 Å². The molecule has 2 aromatic carbocycles. The second kappa shape index (κ2) is 8.83. The van der Waals surface area contributed by atoms with Gasteiger partial charge in [0.15, 0.2) is 0 Å². The lowest BCUT2D eigenvalue weighted by molar-refractivity contribution is -0.384. The van der Waals surface area contributed by atoms with E-state index in [4.69, 9.17) is 11.6 Å². The molecule has 154 valence electrons. The predicted octanol–water partition coefficient (Wildman–Crippen LogP) is 3.58. The van der Waals surface area contributed by atoms with Gasteiger partial charge in [-0.05, 0) is 30.2 Å². The van der Waals surface area contributed by atoms with Crippen molar-refractivity contribution in [2.45, 2.75) is 19.9 Å². The van der Waals surface area contributed by atoms with E-state index in [1.165, 1.54) is 12.1 Å². The van der Waals surface area contributed by atoms with Gasteiger partial charge in [0.25, 0.3) is 11.6 Å². The Balaban J connectivity index is 1.76.